The van der Waals surface area contributed by atoms with E-state index >= 15 is 0 Å². The van der Waals surface area contributed by atoms with E-state index < -0.39 is 6.10 Å². The lowest BCUT2D eigenvalue weighted by Gasteiger charge is -2.18. The Balaban J connectivity index is 4.07. The van der Waals surface area contributed by atoms with Gasteiger partial charge in [0.25, 0.3) is 0 Å². The van der Waals surface area contributed by atoms with E-state index in [-0.39, 0.29) is 31.1 Å². The summed E-state index contributed by atoms with van der Waals surface area (Å²) in [5.41, 5.74) is 0. The number of carbonyl (C=O) groups is 3. The fraction of sp³-hybridized carbons (Fsp3) is 0.889. The zero-order chi connectivity index (χ0) is 50.0. The molecule has 0 aliphatic carbocycles. The van der Waals surface area contributed by atoms with Crippen LogP contribution < -0.4 is 0 Å². The van der Waals surface area contributed by atoms with E-state index in [0.29, 0.717) is 19.3 Å². The molecule has 0 rings (SSSR count). The Morgan fingerprint density at radius 1 is 0.290 bits per heavy atom. The van der Waals surface area contributed by atoms with Crippen LogP contribution in [0.3, 0.4) is 0 Å². The van der Waals surface area contributed by atoms with Gasteiger partial charge in [-0.1, -0.05) is 295 Å². The van der Waals surface area contributed by atoms with Gasteiger partial charge in [0.15, 0.2) is 6.10 Å². The maximum atomic E-state index is 12.8. The second-order valence-corrected chi connectivity index (χ2v) is 21.0. The minimum atomic E-state index is -0.769. The van der Waals surface area contributed by atoms with Crippen LogP contribution in [-0.2, 0) is 28.6 Å². The number of allylic oxidation sites excluding steroid dienone is 4. The maximum Gasteiger partial charge on any atom is 0.306 e. The van der Waals surface area contributed by atoms with Gasteiger partial charge in [0.05, 0.1) is 0 Å². The third kappa shape index (κ3) is 56.7. The number of esters is 3. The van der Waals surface area contributed by atoms with Gasteiger partial charge in [-0.15, -0.1) is 0 Å². The van der Waals surface area contributed by atoms with Crippen LogP contribution in [0.2, 0.25) is 0 Å². The lowest BCUT2D eigenvalue weighted by molar-refractivity contribution is -0.167. The van der Waals surface area contributed by atoms with Crippen LogP contribution in [0.1, 0.15) is 342 Å². The Bertz CT molecular complexity index is 1110. The fourth-order valence-electron chi connectivity index (χ4n) is 9.30. The van der Waals surface area contributed by atoms with Crippen LogP contribution in [0.15, 0.2) is 24.3 Å². The van der Waals surface area contributed by atoms with E-state index in [0.717, 1.165) is 70.6 Å². The quantitative estimate of drug-likeness (QED) is 0.0261. The largest absolute Gasteiger partial charge is 0.462 e. The number of rotatable bonds is 57. The summed E-state index contributed by atoms with van der Waals surface area (Å²) in [6, 6.07) is 0. The molecular formula is C63H118O6. The highest BCUT2D eigenvalue weighted by Gasteiger charge is 2.19. The third-order valence-corrected chi connectivity index (χ3v) is 14.0. The minimum Gasteiger partial charge on any atom is -0.462 e. The molecule has 69 heavy (non-hydrogen) atoms. The van der Waals surface area contributed by atoms with Crippen molar-refractivity contribution in [2.75, 3.05) is 13.2 Å². The van der Waals surface area contributed by atoms with Gasteiger partial charge in [0.1, 0.15) is 13.2 Å². The second-order valence-electron chi connectivity index (χ2n) is 21.0. The van der Waals surface area contributed by atoms with Gasteiger partial charge in [-0.05, 0) is 51.4 Å². The topological polar surface area (TPSA) is 78.9 Å². The molecule has 0 radical (unpaired) electrons. The van der Waals surface area contributed by atoms with Crippen molar-refractivity contribution in [2.45, 2.75) is 348 Å². The average Bonchev–Trinajstić information content (AvgIpc) is 3.35. The summed E-state index contributed by atoms with van der Waals surface area (Å²) in [5.74, 6) is -0.864. The summed E-state index contributed by atoms with van der Waals surface area (Å²) in [6.07, 6.45) is 69.3. The van der Waals surface area contributed by atoms with Crippen molar-refractivity contribution in [3.05, 3.63) is 24.3 Å². The maximum absolute atomic E-state index is 12.8. The molecule has 0 saturated heterocycles. The molecule has 1 unspecified atom stereocenters. The summed E-state index contributed by atoms with van der Waals surface area (Å²) >= 11 is 0. The summed E-state index contributed by atoms with van der Waals surface area (Å²) in [7, 11) is 0. The van der Waals surface area contributed by atoms with E-state index in [4.69, 9.17) is 14.2 Å². The zero-order valence-electron chi connectivity index (χ0n) is 46.6. The van der Waals surface area contributed by atoms with Crippen molar-refractivity contribution in [2.24, 2.45) is 0 Å². The summed E-state index contributed by atoms with van der Waals surface area (Å²) < 4.78 is 16.8. The molecule has 0 aromatic carbocycles. The summed E-state index contributed by atoms with van der Waals surface area (Å²) in [6.45, 7) is 6.63. The summed E-state index contributed by atoms with van der Waals surface area (Å²) in [5, 5.41) is 0. The SMILES string of the molecule is CCCCCC/C=C\C/C=C\CCCCCCCCCC(=O)OC(COC(=O)CCCCCCCCC)COC(=O)CCCCCCCCCCCCCCCCCCCCCCCCCCCC. The molecule has 0 heterocycles. The highest BCUT2D eigenvalue weighted by atomic mass is 16.6. The standard InChI is InChI=1S/C63H118O6/c1-4-7-10-13-16-18-20-22-24-26-28-29-30-31-32-33-34-35-37-38-40-42-44-47-50-53-56-62(65)68-59-60(58-67-61(64)55-52-49-46-15-12-9-6-3)69-63(66)57-54-51-48-45-43-41-39-36-27-25-23-21-19-17-14-11-8-5-2/h19,21,25,27,60H,4-18,20,22-24,26,28-59H2,1-3H3/b21-19-,27-25-. The molecule has 0 spiro atoms. The van der Waals surface area contributed by atoms with Gasteiger partial charge < -0.3 is 14.2 Å². The third-order valence-electron chi connectivity index (χ3n) is 14.0. The van der Waals surface area contributed by atoms with Crippen LogP contribution in [0, 0.1) is 0 Å². The number of unbranched alkanes of at least 4 members (excludes halogenated alkanes) is 42. The molecule has 6 heteroatoms. The second kappa shape index (κ2) is 58.5. The molecule has 0 saturated carbocycles. The number of ether oxygens (including phenoxy) is 3. The van der Waals surface area contributed by atoms with E-state index in [1.54, 1.807) is 0 Å². The van der Waals surface area contributed by atoms with Gasteiger partial charge >= 0.3 is 17.9 Å². The Kier molecular flexibility index (Phi) is 56.7. The molecule has 406 valence electrons. The number of carbonyl (C=O) groups excluding carboxylic acids is 3. The molecule has 0 aliphatic rings. The summed E-state index contributed by atoms with van der Waals surface area (Å²) in [4.78, 5) is 38.0. The molecule has 0 aromatic rings. The number of hydrogen-bond acceptors (Lipinski definition) is 6. The molecule has 0 aliphatic heterocycles. The first-order chi connectivity index (χ1) is 34.0. The van der Waals surface area contributed by atoms with Crippen molar-refractivity contribution < 1.29 is 28.6 Å². The lowest BCUT2D eigenvalue weighted by atomic mass is 10.0. The predicted octanol–water partition coefficient (Wildman–Crippen LogP) is 20.7. The molecule has 0 fully saturated rings. The first-order valence-electron chi connectivity index (χ1n) is 30.8. The molecule has 0 amide bonds. The Morgan fingerprint density at radius 2 is 0.522 bits per heavy atom. The van der Waals surface area contributed by atoms with Gasteiger partial charge in [0.2, 0.25) is 0 Å². The smallest absolute Gasteiger partial charge is 0.306 e. The fourth-order valence-corrected chi connectivity index (χ4v) is 9.30. The lowest BCUT2D eigenvalue weighted by Crippen LogP contribution is -2.30. The Hall–Kier alpha value is -2.11. The van der Waals surface area contributed by atoms with Crippen LogP contribution >= 0.6 is 0 Å². The first-order valence-corrected chi connectivity index (χ1v) is 30.8. The normalized spacial score (nSPS) is 12.1. The van der Waals surface area contributed by atoms with Gasteiger partial charge in [0, 0.05) is 19.3 Å². The van der Waals surface area contributed by atoms with Gasteiger partial charge in [-0.3, -0.25) is 14.4 Å². The van der Waals surface area contributed by atoms with E-state index in [1.165, 1.54) is 231 Å². The molecular weight excluding hydrogens is 853 g/mol. The Labute approximate surface area is 430 Å². The van der Waals surface area contributed by atoms with Crippen molar-refractivity contribution >= 4 is 17.9 Å². The minimum absolute atomic E-state index is 0.0697. The van der Waals surface area contributed by atoms with E-state index in [9.17, 15) is 14.4 Å². The van der Waals surface area contributed by atoms with E-state index in [2.05, 4.69) is 45.1 Å². The molecule has 0 N–H and O–H groups in total. The molecule has 0 aromatic heterocycles. The van der Waals surface area contributed by atoms with Crippen LogP contribution in [0.5, 0.6) is 0 Å². The van der Waals surface area contributed by atoms with Crippen molar-refractivity contribution in [3.8, 4) is 0 Å². The number of hydrogen-bond donors (Lipinski definition) is 0. The van der Waals surface area contributed by atoms with Crippen molar-refractivity contribution in [3.63, 3.8) is 0 Å². The molecule has 1 atom stereocenters. The monoisotopic (exact) mass is 971 g/mol. The van der Waals surface area contributed by atoms with E-state index in [1.807, 2.05) is 0 Å². The Morgan fingerprint density at radius 3 is 0.812 bits per heavy atom. The van der Waals surface area contributed by atoms with Gasteiger partial charge in [-0.2, -0.15) is 0 Å². The average molecular weight is 972 g/mol. The van der Waals surface area contributed by atoms with Crippen LogP contribution in [0.25, 0.3) is 0 Å². The highest BCUT2D eigenvalue weighted by molar-refractivity contribution is 5.71. The van der Waals surface area contributed by atoms with Crippen LogP contribution in [-0.4, -0.2) is 37.2 Å². The molecule has 6 nitrogen and oxygen atoms in total. The highest BCUT2D eigenvalue weighted by Crippen LogP contribution is 2.18. The zero-order valence-corrected chi connectivity index (χ0v) is 46.6. The molecule has 0 bridgehead atoms. The first kappa shape index (κ1) is 66.9. The van der Waals surface area contributed by atoms with Gasteiger partial charge in [-0.25, -0.2) is 0 Å². The predicted molar refractivity (Wildman–Crippen MR) is 298 cm³/mol. The van der Waals surface area contributed by atoms with Crippen molar-refractivity contribution in [1.82, 2.24) is 0 Å². The van der Waals surface area contributed by atoms with Crippen molar-refractivity contribution in [1.29, 1.82) is 0 Å². The van der Waals surface area contributed by atoms with Crippen LogP contribution in [0.4, 0.5) is 0 Å².